The molecule has 0 spiro atoms. The zero-order chi connectivity index (χ0) is 18.6. The van der Waals surface area contributed by atoms with Crippen molar-refractivity contribution in [3.8, 4) is 0 Å². The highest BCUT2D eigenvalue weighted by atomic mass is 16.6. The first-order valence-electron chi connectivity index (χ1n) is 7.54. The Morgan fingerprint density at radius 1 is 1.08 bits per heavy atom. The van der Waals surface area contributed by atoms with Gasteiger partial charge < -0.3 is 9.64 Å². The molecule has 0 saturated carbocycles. The number of nitro groups is 1. The Morgan fingerprint density at radius 3 is 2.28 bits per heavy atom. The van der Waals surface area contributed by atoms with Crippen molar-refractivity contribution in [1.82, 2.24) is 4.90 Å². The third kappa shape index (κ3) is 4.00. The average molecular weight is 342 g/mol. The van der Waals surface area contributed by atoms with Crippen LogP contribution >= 0.6 is 0 Å². The standard InChI is InChI=1S/C18H18N2O5/c1-12-14(10-7-11-15(12)20(23)24)18(22)25-16(17(21)19(2)3)13-8-5-4-6-9-13/h4-11,16H,1-3H3/t16-/m0/s1. The molecule has 1 atom stereocenters. The first kappa shape index (κ1) is 18.1. The summed E-state index contributed by atoms with van der Waals surface area (Å²) in [5.41, 5.74) is 0.602. The van der Waals surface area contributed by atoms with Crippen LogP contribution in [-0.4, -0.2) is 35.8 Å². The van der Waals surface area contributed by atoms with Gasteiger partial charge >= 0.3 is 5.97 Å². The maximum Gasteiger partial charge on any atom is 0.339 e. The molecule has 0 heterocycles. The number of nitrogens with zero attached hydrogens (tertiary/aromatic N) is 2. The molecule has 0 radical (unpaired) electrons. The summed E-state index contributed by atoms with van der Waals surface area (Å²) >= 11 is 0. The summed E-state index contributed by atoms with van der Waals surface area (Å²) in [7, 11) is 3.12. The Kier molecular flexibility index (Phi) is 5.49. The quantitative estimate of drug-likeness (QED) is 0.473. The second-order valence-electron chi connectivity index (χ2n) is 5.64. The highest BCUT2D eigenvalue weighted by molar-refractivity contribution is 5.94. The number of ether oxygens (including phenoxy) is 1. The molecule has 1 amide bonds. The molecule has 2 aromatic rings. The number of hydrogen-bond donors (Lipinski definition) is 0. The Bertz CT molecular complexity index is 802. The number of nitro benzene ring substituents is 1. The summed E-state index contributed by atoms with van der Waals surface area (Å²) in [6.07, 6.45) is -1.12. The predicted octanol–water partition coefficient (Wildman–Crippen LogP) is 2.89. The predicted molar refractivity (Wildman–Crippen MR) is 91.1 cm³/mol. The van der Waals surface area contributed by atoms with Crippen molar-refractivity contribution in [3.05, 3.63) is 75.3 Å². The molecular weight excluding hydrogens is 324 g/mol. The van der Waals surface area contributed by atoms with Crippen LogP contribution in [0, 0.1) is 17.0 Å². The molecule has 2 rings (SSSR count). The van der Waals surface area contributed by atoms with Crippen LogP contribution in [0.15, 0.2) is 48.5 Å². The van der Waals surface area contributed by atoms with Gasteiger partial charge in [0.05, 0.1) is 10.5 Å². The zero-order valence-electron chi connectivity index (χ0n) is 14.1. The number of rotatable bonds is 5. The molecule has 0 saturated heterocycles. The molecule has 7 nitrogen and oxygen atoms in total. The van der Waals surface area contributed by atoms with E-state index >= 15 is 0 Å². The molecule has 2 aromatic carbocycles. The normalized spacial score (nSPS) is 11.5. The zero-order valence-corrected chi connectivity index (χ0v) is 14.1. The Morgan fingerprint density at radius 2 is 1.72 bits per heavy atom. The molecule has 0 aliphatic heterocycles. The largest absolute Gasteiger partial charge is 0.444 e. The Balaban J connectivity index is 2.37. The number of benzene rings is 2. The van der Waals surface area contributed by atoms with Gasteiger partial charge in [0.1, 0.15) is 0 Å². The van der Waals surface area contributed by atoms with Crippen molar-refractivity contribution < 1.29 is 19.2 Å². The highest BCUT2D eigenvalue weighted by Gasteiger charge is 2.28. The molecule has 0 N–H and O–H groups in total. The van der Waals surface area contributed by atoms with Gasteiger partial charge in [-0.1, -0.05) is 36.4 Å². The van der Waals surface area contributed by atoms with E-state index in [4.69, 9.17) is 4.74 Å². The summed E-state index contributed by atoms with van der Waals surface area (Å²) in [6.45, 7) is 1.47. The molecule has 0 fully saturated rings. The van der Waals surface area contributed by atoms with Crippen LogP contribution in [0.1, 0.15) is 27.6 Å². The van der Waals surface area contributed by atoms with Crippen LogP contribution in [0.4, 0.5) is 5.69 Å². The second kappa shape index (κ2) is 7.57. The van der Waals surface area contributed by atoms with E-state index in [9.17, 15) is 19.7 Å². The topological polar surface area (TPSA) is 89.8 Å². The molecule has 0 aliphatic rings. The van der Waals surface area contributed by atoms with Crippen LogP contribution in [0.2, 0.25) is 0 Å². The molecular formula is C18H18N2O5. The first-order chi connectivity index (χ1) is 11.8. The number of carbonyl (C=O) groups is 2. The van der Waals surface area contributed by atoms with E-state index in [-0.39, 0.29) is 16.8 Å². The van der Waals surface area contributed by atoms with E-state index in [0.717, 1.165) is 0 Å². The van der Waals surface area contributed by atoms with Gasteiger partial charge in [-0.25, -0.2) is 4.79 Å². The second-order valence-corrected chi connectivity index (χ2v) is 5.64. The van der Waals surface area contributed by atoms with E-state index in [0.29, 0.717) is 5.56 Å². The molecule has 0 bridgehead atoms. The van der Waals surface area contributed by atoms with E-state index in [1.807, 2.05) is 0 Å². The van der Waals surface area contributed by atoms with Gasteiger partial charge in [0.25, 0.3) is 11.6 Å². The highest BCUT2D eigenvalue weighted by Crippen LogP contribution is 2.25. The minimum absolute atomic E-state index is 0.0571. The summed E-state index contributed by atoms with van der Waals surface area (Å²) in [5, 5.41) is 11.0. The van der Waals surface area contributed by atoms with Crippen molar-refractivity contribution >= 4 is 17.6 Å². The van der Waals surface area contributed by atoms with Crippen LogP contribution in [0.3, 0.4) is 0 Å². The van der Waals surface area contributed by atoms with Crippen molar-refractivity contribution in [1.29, 1.82) is 0 Å². The van der Waals surface area contributed by atoms with Gasteiger partial charge in [0.15, 0.2) is 0 Å². The van der Waals surface area contributed by atoms with Crippen molar-refractivity contribution in [2.75, 3.05) is 14.1 Å². The molecule has 130 valence electrons. The van der Waals surface area contributed by atoms with E-state index < -0.39 is 22.9 Å². The van der Waals surface area contributed by atoms with Crippen molar-refractivity contribution in [3.63, 3.8) is 0 Å². The van der Waals surface area contributed by atoms with Crippen molar-refractivity contribution in [2.45, 2.75) is 13.0 Å². The molecule has 25 heavy (non-hydrogen) atoms. The number of likely N-dealkylation sites (N-methyl/N-ethyl adjacent to an activating group) is 1. The Labute approximate surface area is 145 Å². The third-order valence-corrected chi connectivity index (χ3v) is 3.71. The minimum Gasteiger partial charge on any atom is -0.444 e. The van der Waals surface area contributed by atoms with Crippen molar-refractivity contribution in [2.24, 2.45) is 0 Å². The lowest BCUT2D eigenvalue weighted by Crippen LogP contribution is -2.31. The van der Waals surface area contributed by atoms with Gasteiger partial charge in [-0.15, -0.1) is 0 Å². The number of esters is 1. The van der Waals surface area contributed by atoms with Crippen LogP contribution < -0.4 is 0 Å². The van der Waals surface area contributed by atoms with Crippen LogP contribution in [0.25, 0.3) is 0 Å². The van der Waals surface area contributed by atoms with Crippen LogP contribution in [-0.2, 0) is 9.53 Å². The number of hydrogen-bond acceptors (Lipinski definition) is 5. The molecule has 0 aromatic heterocycles. The first-order valence-corrected chi connectivity index (χ1v) is 7.54. The third-order valence-electron chi connectivity index (χ3n) is 3.71. The van der Waals surface area contributed by atoms with Gasteiger partial charge in [-0.2, -0.15) is 0 Å². The summed E-state index contributed by atoms with van der Waals surface area (Å²) in [5.74, 6) is -1.19. The maximum absolute atomic E-state index is 12.5. The van der Waals surface area contributed by atoms with E-state index in [1.165, 1.54) is 30.0 Å². The number of amides is 1. The lowest BCUT2D eigenvalue weighted by atomic mass is 10.1. The fourth-order valence-corrected chi connectivity index (χ4v) is 2.34. The SMILES string of the molecule is Cc1c(C(=O)O[C@H](C(=O)N(C)C)c2ccccc2)cccc1[N+](=O)[O-]. The summed E-state index contributed by atoms with van der Waals surface area (Å²) in [6, 6.07) is 12.8. The number of carbonyl (C=O) groups excluding carboxylic acids is 2. The van der Waals surface area contributed by atoms with Gasteiger partial charge in [0, 0.05) is 31.3 Å². The lowest BCUT2D eigenvalue weighted by molar-refractivity contribution is -0.385. The maximum atomic E-state index is 12.5. The van der Waals surface area contributed by atoms with Gasteiger partial charge in [-0.3, -0.25) is 14.9 Å². The van der Waals surface area contributed by atoms with E-state index in [2.05, 4.69) is 0 Å². The summed E-state index contributed by atoms with van der Waals surface area (Å²) in [4.78, 5) is 36.7. The molecule has 0 aliphatic carbocycles. The molecule has 0 unspecified atom stereocenters. The average Bonchev–Trinajstić information content (AvgIpc) is 2.59. The molecule has 7 heteroatoms. The fraction of sp³-hybridized carbons (Fsp3) is 0.222. The minimum atomic E-state index is -1.12. The monoisotopic (exact) mass is 342 g/mol. The lowest BCUT2D eigenvalue weighted by Gasteiger charge is -2.21. The Hall–Kier alpha value is -3.22. The summed E-state index contributed by atoms with van der Waals surface area (Å²) < 4.78 is 5.41. The fourth-order valence-electron chi connectivity index (χ4n) is 2.34. The van der Waals surface area contributed by atoms with E-state index in [1.54, 1.807) is 44.4 Å². The van der Waals surface area contributed by atoms with Crippen LogP contribution in [0.5, 0.6) is 0 Å². The smallest absolute Gasteiger partial charge is 0.339 e. The van der Waals surface area contributed by atoms with Gasteiger partial charge in [0.2, 0.25) is 6.10 Å². The van der Waals surface area contributed by atoms with Gasteiger partial charge in [-0.05, 0) is 13.0 Å².